The van der Waals surface area contributed by atoms with E-state index in [0.29, 0.717) is 11.4 Å². The van der Waals surface area contributed by atoms with Crippen LogP contribution in [0.2, 0.25) is 0 Å². The number of hydrogen-bond acceptors (Lipinski definition) is 7. The van der Waals surface area contributed by atoms with Gasteiger partial charge in [0, 0.05) is 23.0 Å². The van der Waals surface area contributed by atoms with Crippen LogP contribution in [0.3, 0.4) is 0 Å². The van der Waals surface area contributed by atoms with Crippen LogP contribution in [0.15, 0.2) is 54.6 Å². The van der Waals surface area contributed by atoms with Crippen LogP contribution in [-0.2, 0) is 0 Å². The van der Waals surface area contributed by atoms with Gasteiger partial charge in [-0.2, -0.15) is 0 Å². The summed E-state index contributed by atoms with van der Waals surface area (Å²) in [6.45, 7) is 1.80. The van der Waals surface area contributed by atoms with Gasteiger partial charge in [0.15, 0.2) is 11.6 Å². The summed E-state index contributed by atoms with van der Waals surface area (Å²) in [4.78, 5) is 26.0. The number of anilines is 2. The maximum Gasteiger partial charge on any atom is 0.200 e. The number of hydrogen-bond donors (Lipinski definition) is 5. The first-order chi connectivity index (χ1) is 13.9. The van der Waals surface area contributed by atoms with Gasteiger partial charge in [0.05, 0.1) is 22.9 Å². The molecule has 0 spiro atoms. The third-order valence-corrected chi connectivity index (χ3v) is 4.75. The van der Waals surface area contributed by atoms with Crippen molar-refractivity contribution < 1.29 is 24.9 Å². The molecule has 146 valence electrons. The number of nitrogens with one attached hydrogen (secondary N) is 2. The van der Waals surface area contributed by atoms with Gasteiger partial charge >= 0.3 is 0 Å². The van der Waals surface area contributed by atoms with Crippen molar-refractivity contribution in [1.29, 1.82) is 0 Å². The van der Waals surface area contributed by atoms with E-state index in [9.17, 15) is 24.9 Å². The van der Waals surface area contributed by atoms with Crippen molar-refractivity contribution in [3.63, 3.8) is 0 Å². The number of aromatic hydroxyl groups is 3. The molecule has 0 saturated heterocycles. The van der Waals surface area contributed by atoms with E-state index in [4.69, 9.17) is 0 Å². The van der Waals surface area contributed by atoms with E-state index in [0.717, 1.165) is 0 Å². The highest BCUT2D eigenvalue weighted by molar-refractivity contribution is 6.31. The average Bonchev–Trinajstić information content (AvgIpc) is 2.67. The number of fused-ring (bicyclic) bond motifs is 2. The molecule has 0 bridgehead atoms. The monoisotopic (exact) mass is 390 g/mol. The zero-order chi connectivity index (χ0) is 20.7. The third kappa shape index (κ3) is 3.12. The van der Waals surface area contributed by atoms with E-state index in [2.05, 4.69) is 10.6 Å². The average molecular weight is 390 g/mol. The molecule has 0 fully saturated rings. The molecule has 1 unspecified atom stereocenters. The summed E-state index contributed by atoms with van der Waals surface area (Å²) >= 11 is 0. The van der Waals surface area contributed by atoms with Crippen LogP contribution < -0.4 is 10.6 Å². The van der Waals surface area contributed by atoms with Crippen LogP contribution in [0.1, 0.15) is 38.8 Å². The molecule has 7 heteroatoms. The van der Waals surface area contributed by atoms with Crippen LogP contribution in [0.25, 0.3) is 0 Å². The number of ketones is 2. The molecule has 0 heterocycles. The number of carbonyl (C=O) groups excluding carboxylic acids is 2. The van der Waals surface area contributed by atoms with Crippen molar-refractivity contribution in [2.75, 3.05) is 10.6 Å². The summed E-state index contributed by atoms with van der Waals surface area (Å²) in [6.07, 6.45) is -0.390. The zero-order valence-electron chi connectivity index (χ0n) is 15.4. The van der Waals surface area contributed by atoms with Crippen LogP contribution >= 0.6 is 0 Å². The Bertz CT molecular complexity index is 1160. The Morgan fingerprint density at radius 2 is 1.48 bits per heavy atom. The fourth-order valence-corrected chi connectivity index (χ4v) is 3.52. The van der Waals surface area contributed by atoms with Gasteiger partial charge < -0.3 is 26.0 Å². The van der Waals surface area contributed by atoms with Crippen molar-refractivity contribution >= 4 is 22.9 Å². The molecule has 3 aromatic carbocycles. The third-order valence-electron chi connectivity index (χ3n) is 4.75. The van der Waals surface area contributed by atoms with Crippen molar-refractivity contribution in [3.05, 3.63) is 76.9 Å². The maximum absolute atomic E-state index is 13.1. The van der Waals surface area contributed by atoms with E-state index < -0.39 is 11.6 Å². The first kappa shape index (κ1) is 18.4. The second-order valence-corrected chi connectivity index (χ2v) is 6.80. The van der Waals surface area contributed by atoms with Gasteiger partial charge in [-0.3, -0.25) is 9.59 Å². The number of benzene rings is 3. The SMILES string of the molecule is CC(Nc1cccc(O)c1)Nc1ccc(O)c2c1C(=O)c1c(O)cccc1C2=O. The second kappa shape index (κ2) is 6.87. The van der Waals surface area contributed by atoms with Gasteiger partial charge in [0.2, 0.25) is 0 Å². The zero-order valence-corrected chi connectivity index (χ0v) is 15.4. The topological polar surface area (TPSA) is 119 Å². The number of phenols is 3. The molecule has 4 rings (SSSR count). The number of carbonyl (C=O) groups is 2. The summed E-state index contributed by atoms with van der Waals surface area (Å²) in [5.41, 5.74) is 0.887. The largest absolute Gasteiger partial charge is 0.508 e. The molecule has 7 nitrogen and oxygen atoms in total. The summed E-state index contributed by atoms with van der Waals surface area (Å²) in [5.74, 6) is -1.55. The normalized spacial score (nSPS) is 13.4. The molecule has 3 aromatic rings. The first-order valence-electron chi connectivity index (χ1n) is 8.96. The van der Waals surface area contributed by atoms with Crippen LogP contribution in [-0.4, -0.2) is 33.1 Å². The Morgan fingerprint density at radius 1 is 0.759 bits per heavy atom. The fourth-order valence-electron chi connectivity index (χ4n) is 3.52. The highest BCUT2D eigenvalue weighted by Crippen LogP contribution is 2.39. The molecule has 1 atom stereocenters. The molecule has 0 aliphatic heterocycles. The second-order valence-electron chi connectivity index (χ2n) is 6.80. The summed E-state index contributed by atoms with van der Waals surface area (Å²) < 4.78 is 0. The smallest absolute Gasteiger partial charge is 0.200 e. The van der Waals surface area contributed by atoms with E-state index in [-0.39, 0.29) is 45.7 Å². The number of rotatable bonds is 4. The highest BCUT2D eigenvalue weighted by Gasteiger charge is 2.36. The Morgan fingerprint density at radius 3 is 2.24 bits per heavy atom. The van der Waals surface area contributed by atoms with Crippen LogP contribution in [0.5, 0.6) is 17.2 Å². The Kier molecular flexibility index (Phi) is 4.35. The van der Waals surface area contributed by atoms with Gasteiger partial charge in [-0.1, -0.05) is 18.2 Å². The van der Waals surface area contributed by atoms with Crippen LogP contribution in [0, 0.1) is 0 Å². The molecule has 1 aliphatic rings. The minimum atomic E-state index is -0.546. The van der Waals surface area contributed by atoms with Crippen LogP contribution in [0.4, 0.5) is 11.4 Å². The van der Waals surface area contributed by atoms with E-state index in [1.807, 2.05) is 0 Å². The summed E-state index contributed by atoms with van der Waals surface area (Å²) in [6, 6.07) is 13.7. The van der Waals surface area contributed by atoms with E-state index >= 15 is 0 Å². The number of phenolic OH excluding ortho intramolecular Hbond substituents is 3. The Balaban J connectivity index is 1.73. The van der Waals surface area contributed by atoms with Crippen molar-refractivity contribution in [2.45, 2.75) is 13.1 Å². The summed E-state index contributed by atoms with van der Waals surface area (Å²) in [5, 5.41) is 36.2. The maximum atomic E-state index is 13.1. The predicted molar refractivity (Wildman–Crippen MR) is 108 cm³/mol. The Labute approximate surface area is 166 Å². The van der Waals surface area contributed by atoms with Crippen molar-refractivity contribution in [3.8, 4) is 17.2 Å². The van der Waals surface area contributed by atoms with E-state index in [1.165, 1.54) is 30.3 Å². The van der Waals surface area contributed by atoms with Crippen molar-refractivity contribution in [1.82, 2.24) is 0 Å². The predicted octanol–water partition coefficient (Wildman–Crippen LogP) is 3.45. The van der Waals surface area contributed by atoms with Gasteiger partial charge in [-0.25, -0.2) is 0 Å². The molecule has 0 saturated carbocycles. The van der Waals surface area contributed by atoms with Gasteiger partial charge in [-0.05, 0) is 37.3 Å². The lowest BCUT2D eigenvalue weighted by molar-refractivity contribution is 0.0975. The lowest BCUT2D eigenvalue weighted by Gasteiger charge is -2.25. The first-order valence-corrected chi connectivity index (χ1v) is 8.96. The molecule has 0 radical (unpaired) electrons. The van der Waals surface area contributed by atoms with Gasteiger partial charge in [0.1, 0.15) is 17.2 Å². The molecule has 0 aromatic heterocycles. The minimum Gasteiger partial charge on any atom is -0.508 e. The molecule has 0 amide bonds. The van der Waals surface area contributed by atoms with Crippen molar-refractivity contribution in [2.24, 2.45) is 0 Å². The van der Waals surface area contributed by atoms with Gasteiger partial charge in [0.25, 0.3) is 0 Å². The highest BCUT2D eigenvalue weighted by atomic mass is 16.3. The fraction of sp³-hybridized carbons (Fsp3) is 0.0909. The lowest BCUT2D eigenvalue weighted by atomic mass is 9.82. The molecular formula is C22H18N2O5. The Hall–Kier alpha value is -4.00. The molecule has 1 aliphatic carbocycles. The minimum absolute atomic E-state index is 0.00792. The standard InChI is InChI=1S/C22H18N2O5/c1-11(23-12-4-2-5-13(25)10-12)24-15-8-9-17(27)20-19(15)22(29)18-14(21(20)28)6-3-7-16(18)26/h2-11,23-27H,1H3. The van der Waals surface area contributed by atoms with Gasteiger partial charge in [-0.15, -0.1) is 0 Å². The summed E-state index contributed by atoms with van der Waals surface area (Å²) in [7, 11) is 0. The molecule has 29 heavy (non-hydrogen) atoms. The molecular weight excluding hydrogens is 372 g/mol. The quantitative estimate of drug-likeness (QED) is 0.267. The van der Waals surface area contributed by atoms with E-state index in [1.54, 1.807) is 31.2 Å². The molecule has 5 N–H and O–H groups in total. The lowest BCUT2D eigenvalue weighted by Crippen LogP contribution is -2.28.